The zero-order valence-electron chi connectivity index (χ0n) is 16.7. The molecule has 1 aliphatic rings. The maximum atomic E-state index is 12.9. The quantitative estimate of drug-likeness (QED) is 0.453. The zero-order chi connectivity index (χ0) is 20.2. The number of aliphatic hydroxyl groups is 3. The molecule has 1 rings (SSSR count). The summed E-state index contributed by atoms with van der Waals surface area (Å²) in [4.78, 5) is 25.5. The summed E-state index contributed by atoms with van der Waals surface area (Å²) in [7, 11) is 0. The van der Waals surface area contributed by atoms with Crippen molar-refractivity contribution in [2.75, 3.05) is 0 Å². The molecule has 0 aromatic rings. The molecule has 0 saturated carbocycles. The molecule has 0 heterocycles. The Hall–Kier alpha value is -1.72. The van der Waals surface area contributed by atoms with Crippen LogP contribution in [0.25, 0.3) is 0 Å². The van der Waals surface area contributed by atoms with Gasteiger partial charge in [0.15, 0.2) is 17.2 Å². The molecule has 0 saturated heterocycles. The summed E-state index contributed by atoms with van der Waals surface area (Å²) in [6.07, 6.45) is 2.84. The summed E-state index contributed by atoms with van der Waals surface area (Å²) in [5.74, 6) is -3.29. The third-order valence-electron chi connectivity index (χ3n) is 5.04. The highest BCUT2D eigenvalue weighted by atomic mass is 16.4. The molecule has 0 bridgehead atoms. The maximum Gasteiger partial charge on any atom is 0.176 e. The van der Waals surface area contributed by atoms with Crippen LogP contribution in [-0.2, 0) is 9.59 Å². The van der Waals surface area contributed by atoms with Crippen molar-refractivity contribution in [2.24, 2.45) is 11.8 Å². The van der Waals surface area contributed by atoms with Crippen LogP contribution in [0.1, 0.15) is 60.8 Å². The van der Waals surface area contributed by atoms with Gasteiger partial charge in [0.2, 0.25) is 0 Å². The number of rotatable bonds is 8. The predicted octanol–water partition coefficient (Wildman–Crippen LogP) is 3.42. The SMILES string of the molecule is CCC(C)C(=O)C1=C(O)C(O)([C@@H](O)CC=C(C)C)C(CC=C(C)C)C1=O. The molecular weight excluding hydrogens is 332 g/mol. The van der Waals surface area contributed by atoms with Gasteiger partial charge in [0.25, 0.3) is 0 Å². The van der Waals surface area contributed by atoms with E-state index in [1.165, 1.54) is 0 Å². The highest BCUT2D eigenvalue weighted by Crippen LogP contribution is 2.43. The van der Waals surface area contributed by atoms with Gasteiger partial charge in [-0.25, -0.2) is 0 Å². The molecule has 26 heavy (non-hydrogen) atoms. The van der Waals surface area contributed by atoms with Crippen molar-refractivity contribution in [3.8, 4) is 0 Å². The van der Waals surface area contributed by atoms with E-state index in [1.807, 2.05) is 34.6 Å². The second kappa shape index (κ2) is 8.78. The smallest absolute Gasteiger partial charge is 0.176 e. The molecular formula is C21H32O5. The third kappa shape index (κ3) is 4.33. The van der Waals surface area contributed by atoms with Gasteiger partial charge in [-0.15, -0.1) is 0 Å². The lowest BCUT2D eigenvalue weighted by molar-refractivity contribution is -0.134. The number of carbonyl (C=O) groups is 2. The van der Waals surface area contributed by atoms with Gasteiger partial charge >= 0.3 is 0 Å². The van der Waals surface area contributed by atoms with Crippen LogP contribution in [0.2, 0.25) is 0 Å². The zero-order valence-corrected chi connectivity index (χ0v) is 16.7. The van der Waals surface area contributed by atoms with Crippen LogP contribution in [0.3, 0.4) is 0 Å². The molecule has 3 unspecified atom stereocenters. The van der Waals surface area contributed by atoms with Gasteiger partial charge in [-0.1, -0.05) is 37.1 Å². The maximum absolute atomic E-state index is 12.9. The van der Waals surface area contributed by atoms with E-state index in [1.54, 1.807) is 19.1 Å². The Labute approximate surface area is 156 Å². The van der Waals surface area contributed by atoms with Crippen LogP contribution in [-0.4, -0.2) is 38.6 Å². The summed E-state index contributed by atoms with van der Waals surface area (Å²) < 4.78 is 0. The number of Topliss-reactive ketones (excluding diaryl/α,β-unsaturated/α-hetero) is 2. The lowest BCUT2D eigenvalue weighted by Gasteiger charge is -2.33. The van der Waals surface area contributed by atoms with E-state index >= 15 is 0 Å². The Morgan fingerprint density at radius 2 is 1.73 bits per heavy atom. The molecule has 0 spiro atoms. The van der Waals surface area contributed by atoms with Gasteiger partial charge in [-0.3, -0.25) is 9.59 Å². The lowest BCUT2D eigenvalue weighted by atomic mass is 9.80. The fourth-order valence-corrected chi connectivity index (χ4v) is 3.08. The molecule has 4 atom stereocenters. The molecule has 5 heteroatoms. The van der Waals surface area contributed by atoms with E-state index in [0.717, 1.165) is 11.1 Å². The molecule has 0 aromatic carbocycles. The van der Waals surface area contributed by atoms with Gasteiger partial charge in [-0.05, 0) is 47.0 Å². The van der Waals surface area contributed by atoms with Crippen LogP contribution in [0.5, 0.6) is 0 Å². The first-order chi connectivity index (χ1) is 12.0. The van der Waals surface area contributed by atoms with Gasteiger partial charge in [0.05, 0.1) is 12.0 Å². The first-order valence-electron chi connectivity index (χ1n) is 9.17. The lowest BCUT2D eigenvalue weighted by Crippen LogP contribution is -2.49. The monoisotopic (exact) mass is 364 g/mol. The van der Waals surface area contributed by atoms with Gasteiger partial charge in [0.1, 0.15) is 11.3 Å². The first kappa shape index (κ1) is 22.3. The Kier molecular flexibility index (Phi) is 7.54. The Bertz CT molecular complexity index is 647. The number of aliphatic hydroxyl groups excluding tert-OH is 2. The normalized spacial score (nSPS) is 25.1. The van der Waals surface area contributed by atoms with E-state index in [4.69, 9.17) is 0 Å². The summed E-state index contributed by atoms with van der Waals surface area (Å²) in [6, 6.07) is 0. The fourth-order valence-electron chi connectivity index (χ4n) is 3.08. The van der Waals surface area contributed by atoms with Crippen molar-refractivity contribution in [2.45, 2.75) is 72.5 Å². The van der Waals surface area contributed by atoms with E-state index in [9.17, 15) is 24.9 Å². The highest BCUT2D eigenvalue weighted by molar-refractivity contribution is 6.24. The minimum Gasteiger partial charge on any atom is -0.508 e. The summed E-state index contributed by atoms with van der Waals surface area (Å²) in [6.45, 7) is 10.9. The molecule has 0 radical (unpaired) electrons. The third-order valence-corrected chi connectivity index (χ3v) is 5.04. The average molecular weight is 364 g/mol. The topological polar surface area (TPSA) is 94.8 Å². The Balaban J connectivity index is 3.43. The van der Waals surface area contributed by atoms with Crippen molar-refractivity contribution in [3.63, 3.8) is 0 Å². The van der Waals surface area contributed by atoms with Crippen molar-refractivity contribution < 1.29 is 24.9 Å². The molecule has 0 fully saturated rings. The average Bonchev–Trinajstić information content (AvgIpc) is 2.76. The van der Waals surface area contributed by atoms with Crippen molar-refractivity contribution in [3.05, 3.63) is 34.6 Å². The Morgan fingerprint density at radius 1 is 1.19 bits per heavy atom. The predicted molar refractivity (Wildman–Crippen MR) is 102 cm³/mol. The molecule has 0 aromatic heterocycles. The minimum absolute atomic E-state index is 0.0757. The fraction of sp³-hybridized carbons (Fsp3) is 0.619. The van der Waals surface area contributed by atoms with Gasteiger partial charge < -0.3 is 15.3 Å². The second-order valence-electron chi connectivity index (χ2n) is 7.69. The molecule has 1 aliphatic carbocycles. The van der Waals surface area contributed by atoms with Crippen LogP contribution < -0.4 is 0 Å². The number of allylic oxidation sites excluding steroid dienone is 4. The largest absolute Gasteiger partial charge is 0.508 e. The second-order valence-corrected chi connectivity index (χ2v) is 7.69. The van der Waals surface area contributed by atoms with E-state index in [0.29, 0.717) is 6.42 Å². The van der Waals surface area contributed by atoms with Gasteiger partial charge in [-0.2, -0.15) is 0 Å². The number of carbonyl (C=O) groups excluding carboxylic acids is 2. The summed E-state index contributed by atoms with van der Waals surface area (Å²) in [5.41, 5.74) is -0.629. The molecule has 0 amide bonds. The van der Waals surface area contributed by atoms with Crippen LogP contribution >= 0.6 is 0 Å². The number of hydrogen-bond acceptors (Lipinski definition) is 5. The van der Waals surface area contributed by atoms with Crippen LogP contribution in [0.15, 0.2) is 34.6 Å². The number of ketones is 2. The molecule has 146 valence electrons. The van der Waals surface area contributed by atoms with Crippen molar-refractivity contribution >= 4 is 11.6 Å². The standard InChI is InChI=1S/C21H32O5/c1-7-14(6)18(23)17-19(24)15(10-8-12(2)3)21(26,20(17)25)16(22)11-9-13(4)5/h8-9,14-16,22,25-26H,7,10-11H2,1-6H3/t14?,15?,16-,21?/m0/s1. The van der Waals surface area contributed by atoms with Crippen LogP contribution in [0, 0.1) is 11.8 Å². The van der Waals surface area contributed by atoms with Crippen molar-refractivity contribution in [1.82, 2.24) is 0 Å². The minimum atomic E-state index is -2.16. The first-order valence-corrected chi connectivity index (χ1v) is 9.17. The van der Waals surface area contributed by atoms with Gasteiger partial charge in [0, 0.05) is 5.92 Å². The van der Waals surface area contributed by atoms with Crippen LogP contribution in [0.4, 0.5) is 0 Å². The molecule has 3 N–H and O–H groups in total. The Morgan fingerprint density at radius 3 is 2.19 bits per heavy atom. The number of hydrogen-bond donors (Lipinski definition) is 3. The highest BCUT2D eigenvalue weighted by Gasteiger charge is 2.58. The summed E-state index contributed by atoms with van der Waals surface area (Å²) >= 11 is 0. The van der Waals surface area contributed by atoms with E-state index in [2.05, 4.69) is 0 Å². The summed E-state index contributed by atoms with van der Waals surface area (Å²) in [5, 5.41) is 32.4. The molecule has 0 aliphatic heterocycles. The van der Waals surface area contributed by atoms with E-state index < -0.39 is 40.9 Å². The van der Waals surface area contributed by atoms with Crippen molar-refractivity contribution in [1.29, 1.82) is 0 Å². The molecule has 5 nitrogen and oxygen atoms in total. The van der Waals surface area contributed by atoms with E-state index in [-0.39, 0.29) is 18.4 Å².